The summed E-state index contributed by atoms with van der Waals surface area (Å²) in [6, 6.07) is 4.16. The van der Waals surface area contributed by atoms with Crippen LogP contribution in [-0.2, 0) is 0 Å². The zero-order valence-electron chi connectivity index (χ0n) is 13.9. The minimum absolute atomic E-state index is 0.296. The lowest BCUT2D eigenvalue weighted by Gasteiger charge is -2.15. The van der Waals surface area contributed by atoms with Gasteiger partial charge in [0.15, 0.2) is 11.5 Å². The summed E-state index contributed by atoms with van der Waals surface area (Å²) < 4.78 is 17.1. The summed E-state index contributed by atoms with van der Waals surface area (Å²) in [5.41, 5.74) is 3.18. The van der Waals surface area contributed by atoms with Crippen LogP contribution in [0.25, 0.3) is 11.0 Å². The third-order valence-corrected chi connectivity index (χ3v) is 4.33. The fourth-order valence-corrected chi connectivity index (χ4v) is 3.40. The van der Waals surface area contributed by atoms with E-state index in [2.05, 4.69) is 33.4 Å². The van der Waals surface area contributed by atoms with E-state index in [0.717, 1.165) is 46.6 Å². The minimum atomic E-state index is 0.296. The van der Waals surface area contributed by atoms with Gasteiger partial charge in [-0.3, -0.25) is 0 Å². The van der Waals surface area contributed by atoms with Crippen molar-refractivity contribution in [3.63, 3.8) is 0 Å². The molecule has 1 aliphatic rings. The topological polar surface area (TPSA) is 31.6 Å². The van der Waals surface area contributed by atoms with Gasteiger partial charge in [-0.2, -0.15) is 0 Å². The largest absolute Gasteiger partial charge is 0.460 e. The lowest BCUT2D eigenvalue weighted by molar-refractivity contribution is 0.173. The number of hydrogen-bond acceptors (Lipinski definition) is 3. The average molecular weight is 300 g/mol. The molecule has 0 unspecified atom stereocenters. The van der Waals surface area contributed by atoms with Gasteiger partial charge in [-0.1, -0.05) is 19.4 Å². The Morgan fingerprint density at radius 2 is 2.05 bits per heavy atom. The maximum absolute atomic E-state index is 6.13. The zero-order chi connectivity index (χ0) is 15.9. The van der Waals surface area contributed by atoms with E-state index >= 15 is 0 Å². The van der Waals surface area contributed by atoms with Gasteiger partial charge in [0.2, 0.25) is 6.79 Å². The van der Waals surface area contributed by atoms with Gasteiger partial charge in [0.25, 0.3) is 0 Å². The molecule has 1 aliphatic heterocycles. The molecule has 2 atom stereocenters. The SMILES string of the molecule is C=C(C)C[C@@H](C)C[C@H](C)c1cc2cc3c(c(C)c2o1)OCO3. The van der Waals surface area contributed by atoms with Gasteiger partial charge in [0.1, 0.15) is 11.3 Å². The van der Waals surface area contributed by atoms with E-state index in [1.54, 1.807) is 0 Å². The van der Waals surface area contributed by atoms with Crippen LogP contribution in [0.4, 0.5) is 0 Å². The maximum Gasteiger partial charge on any atom is 0.231 e. The van der Waals surface area contributed by atoms with Crippen molar-refractivity contribution in [3.05, 3.63) is 35.6 Å². The molecule has 0 radical (unpaired) electrons. The van der Waals surface area contributed by atoms with Crippen molar-refractivity contribution in [1.29, 1.82) is 0 Å². The Kier molecular flexibility index (Phi) is 3.90. The Labute approximate surface area is 131 Å². The van der Waals surface area contributed by atoms with Crippen molar-refractivity contribution in [2.45, 2.75) is 46.5 Å². The molecule has 3 nitrogen and oxygen atoms in total. The Morgan fingerprint density at radius 1 is 1.27 bits per heavy atom. The second-order valence-corrected chi connectivity index (χ2v) is 6.71. The quantitative estimate of drug-likeness (QED) is 0.677. The number of aryl methyl sites for hydroxylation is 1. The first-order valence-electron chi connectivity index (χ1n) is 7.92. The molecular weight excluding hydrogens is 276 g/mol. The molecule has 22 heavy (non-hydrogen) atoms. The molecule has 0 bridgehead atoms. The Balaban J connectivity index is 1.86. The average Bonchev–Trinajstić information content (AvgIpc) is 3.04. The van der Waals surface area contributed by atoms with E-state index in [9.17, 15) is 0 Å². The summed E-state index contributed by atoms with van der Waals surface area (Å²) in [4.78, 5) is 0. The fraction of sp³-hybridized carbons (Fsp3) is 0.474. The van der Waals surface area contributed by atoms with Gasteiger partial charge in [-0.25, -0.2) is 0 Å². The number of ether oxygens (including phenoxy) is 2. The summed E-state index contributed by atoms with van der Waals surface area (Å²) >= 11 is 0. The molecule has 0 amide bonds. The second kappa shape index (κ2) is 5.71. The number of fused-ring (bicyclic) bond motifs is 2. The number of rotatable bonds is 5. The first-order chi connectivity index (χ1) is 10.5. The predicted octanol–water partition coefficient (Wildman–Crippen LogP) is 5.57. The summed E-state index contributed by atoms with van der Waals surface area (Å²) in [7, 11) is 0. The molecule has 0 N–H and O–H groups in total. The van der Waals surface area contributed by atoms with E-state index in [4.69, 9.17) is 13.9 Å². The number of benzene rings is 1. The minimum Gasteiger partial charge on any atom is -0.460 e. The van der Waals surface area contributed by atoms with Gasteiger partial charge in [-0.05, 0) is 44.7 Å². The zero-order valence-corrected chi connectivity index (χ0v) is 13.9. The summed E-state index contributed by atoms with van der Waals surface area (Å²) in [5.74, 6) is 3.67. The van der Waals surface area contributed by atoms with E-state index < -0.39 is 0 Å². The lowest BCUT2D eigenvalue weighted by Crippen LogP contribution is -2.01. The molecule has 0 saturated carbocycles. The van der Waals surface area contributed by atoms with Gasteiger partial charge in [0.05, 0.1) is 0 Å². The van der Waals surface area contributed by atoms with Gasteiger partial charge >= 0.3 is 0 Å². The molecule has 2 heterocycles. The molecule has 1 aromatic heterocycles. The molecule has 2 aromatic rings. The highest BCUT2D eigenvalue weighted by Crippen LogP contribution is 2.42. The lowest BCUT2D eigenvalue weighted by atomic mass is 9.91. The first kappa shape index (κ1) is 15.0. The first-order valence-corrected chi connectivity index (χ1v) is 7.92. The molecule has 0 saturated heterocycles. The van der Waals surface area contributed by atoms with Gasteiger partial charge in [-0.15, -0.1) is 6.58 Å². The highest BCUT2D eigenvalue weighted by molar-refractivity contribution is 5.86. The molecule has 0 aliphatic carbocycles. The van der Waals surface area contributed by atoms with Crippen molar-refractivity contribution in [2.24, 2.45) is 5.92 Å². The van der Waals surface area contributed by atoms with Crippen LogP contribution < -0.4 is 9.47 Å². The molecule has 1 aromatic carbocycles. The van der Waals surface area contributed by atoms with Gasteiger partial charge in [0, 0.05) is 16.9 Å². The van der Waals surface area contributed by atoms with Crippen LogP contribution in [0.5, 0.6) is 11.5 Å². The van der Waals surface area contributed by atoms with Crippen molar-refractivity contribution in [1.82, 2.24) is 0 Å². The predicted molar refractivity (Wildman–Crippen MR) is 88.7 cm³/mol. The molecule has 0 fully saturated rings. The van der Waals surface area contributed by atoms with E-state index in [1.807, 2.05) is 13.0 Å². The second-order valence-electron chi connectivity index (χ2n) is 6.71. The van der Waals surface area contributed by atoms with Crippen molar-refractivity contribution in [3.8, 4) is 11.5 Å². The Hall–Kier alpha value is -1.90. The van der Waals surface area contributed by atoms with E-state index in [1.165, 1.54) is 5.57 Å². The Morgan fingerprint density at radius 3 is 2.77 bits per heavy atom. The normalized spacial score (nSPS) is 16.0. The van der Waals surface area contributed by atoms with Crippen LogP contribution in [0.3, 0.4) is 0 Å². The fourth-order valence-electron chi connectivity index (χ4n) is 3.40. The Bertz CT molecular complexity index is 711. The molecule has 118 valence electrons. The number of allylic oxidation sites excluding steroid dienone is 1. The highest BCUT2D eigenvalue weighted by atomic mass is 16.7. The third-order valence-electron chi connectivity index (χ3n) is 4.33. The van der Waals surface area contributed by atoms with Crippen LogP contribution in [-0.4, -0.2) is 6.79 Å². The van der Waals surface area contributed by atoms with Crippen molar-refractivity contribution in [2.75, 3.05) is 6.79 Å². The number of furan rings is 1. The van der Waals surface area contributed by atoms with Crippen LogP contribution >= 0.6 is 0 Å². The monoisotopic (exact) mass is 300 g/mol. The summed E-state index contributed by atoms with van der Waals surface area (Å²) in [5, 5.41) is 1.09. The number of hydrogen-bond donors (Lipinski definition) is 0. The summed E-state index contributed by atoms with van der Waals surface area (Å²) in [6.07, 6.45) is 2.16. The smallest absolute Gasteiger partial charge is 0.231 e. The van der Waals surface area contributed by atoms with Gasteiger partial charge < -0.3 is 13.9 Å². The standard InChI is InChI=1S/C19H24O3/c1-11(2)6-12(3)7-13(4)16-8-15-9-17-19(21-10-20-17)14(5)18(15)22-16/h8-9,12-13H,1,6-7,10H2,2-5H3/t12-,13+/m1/s1. The van der Waals surface area contributed by atoms with E-state index in [0.29, 0.717) is 18.6 Å². The highest BCUT2D eigenvalue weighted by Gasteiger charge is 2.22. The van der Waals surface area contributed by atoms with Crippen LogP contribution in [0.2, 0.25) is 0 Å². The van der Waals surface area contributed by atoms with Crippen molar-refractivity contribution < 1.29 is 13.9 Å². The van der Waals surface area contributed by atoms with Crippen LogP contribution in [0, 0.1) is 12.8 Å². The van der Waals surface area contributed by atoms with Crippen molar-refractivity contribution >= 4 is 11.0 Å². The molecule has 3 rings (SSSR count). The molecule has 3 heteroatoms. The third kappa shape index (κ3) is 2.72. The molecule has 0 spiro atoms. The van der Waals surface area contributed by atoms with Crippen LogP contribution in [0.1, 0.15) is 50.9 Å². The summed E-state index contributed by atoms with van der Waals surface area (Å²) in [6.45, 7) is 12.9. The van der Waals surface area contributed by atoms with Crippen LogP contribution in [0.15, 0.2) is 28.7 Å². The maximum atomic E-state index is 6.13. The van der Waals surface area contributed by atoms with E-state index in [-0.39, 0.29) is 0 Å². The molecular formula is C19H24O3.